The molecule has 0 N–H and O–H groups in total. The SMILES string of the molecule is N#Cc1ccc(-c2ccc(-c3ccc4c(oc5ccccc54)c3-c3nc(-c4ccccc4)nc(-c4ccc5ccccc5c4)n3)cc2)cc1. The second-order valence-corrected chi connectivity index (χ2v) is 12.0. The Kier molecular flexibility index (Phi) is 6.78. The highest BCUT2D eigenvalue weighted by Crippen LogP contribution is 2.42. The summed E-state index contributed by atoms with van der Waals surface area (Å²) in [5.74, 6) is 1.71. The van der Waals surface area contributed by atoms with Crippen molar-refractivity contribution in [2.45, 2.75) is 0 Å². The summed E-state index contributed by atoms with van der Waals surface area (Å²) in [7, 11) is 0. The lowest BCUT2D eigenvalue weighted by Crippen LogP contribution is -2.01. The number of aromatic nitrogens is 3. The molecule has 0 saturated heterocycles. The molecule has 7 aromatic carbocycles. The first kappa shape index (κ1) is 28.3. The summed E-state index contributed by atoms with van der Waals surface area (Å²) >= 11 is 0. The van der Waals surface area contributed by atoms with Crippen molar-refractivity contribution >= 4 is 32.7 Å². The first-order valence-electron chi connectivity index (χ1n) is 16.1. The fourth-order valence-electron chi connectivity index (χ4n) is 6.49. The molecule has 0 aliphatic heterocycles. The highest BCUT2D eigenvalue weighted by molar-refractivity contribution is 6.12. The van der Waals surface area contributed by atoms with Crippen LogP contribution in [0, 0.1) is 11.3 Å². The van der Waals surface area contributed by atoms with E-state index in [-0.39, 0.29) is 0 Å². The second kappa shape index (κ2) is 11.7. The van der Waals surface area contributed by atoms with Crippen molar-refractivity contribution in [1.82, 2.24) is 15.0 Å². The van der Waals surface area contributed by atoms with Crippen molar-refractivity contribution < 1.29 is 4.42 Å². The van der Waals surface area contributed by atoms with Gasteiger partial charge in [0, 0.05) is 21.9 Å². The van der Waals surface area contributed by atoms with E-state index in [4.69, 9.17) is 19.4 Å². The highest BCUT2D eigenvalue weighted by Gasteiger charge is 2.22. The van der Waals surface area contributed by atoms with Crippen LogP contribution < -0.4 is 0 Å². The van der Waals surface area contributed by atoms with Gasteiger partial charge < -0.3 is 4.42 Å². The Hall–Kier alpha value is -6.90. The molecule has 0 amide bonds. The normalized spacial score (nSPS) is 11.2. The van der Waals surface area contributed by atoms with Crippen LogP contribution in [0.25, 0.3) is 89.1 Å². The molecule has 0 aliphatic carbocycles. The van der Waals surface area contributed by atoms with Crippen molar-refractivity contribution in [2.24, 2.45) is 0 Å². The van der Waals surface area contributed by atoms with Gasteiger partial charge >= 0.3 is 0 Å². The molecule has 2 heterocycles. The summed E-state index contributed by atoms with van der Waals surface area (Å²) in [4.78, 5) is 15.3. The molecule has 0 spiro atoms. The average Bonchev–Trinajstić information content (AvgIpc) is 3.56. The molecular weight excluding hydrogens is 601 g/mol. The van der Waals surface area contributed by atoms with Crippen LogP contribution in [0.2, 0.25) is 0 Å². The van der Waals surface area contributed by atoms with Gasteiger partial charge in [-0.25, -0.2) is 15.0 Å². The Balaban J connectivity index is 1.28. The van der Waals surface area contributed by atoms with Crippen LogP contribution >= 0.6 is 0 Å². The van der Waals surface area contributed by atoms with Gasteiger partial charge in [0.05, 0.1) is 17.2 Å². The van der Waals surface area contributed by atoms with Crippen LogP contribution in [0.5, 0.6) is 0 Å². The summed E-state index contributed by atoms with van der Waals surface area (Å²) in [6.45, 7) is 0. The highest BCUT2D eigenvalue weighted by atomic mass is 16.3. The topological polar surface area (TPSA) is 75.6 Å². The number of hydrogen-bond acceptors (Lipinski definition) is 5. The van der Waals surface area contributed by atoms with E-state index < -0.39 is 0 Å². The molecule has 0 atom stereocenters. The zero-order valence-corrected chi connectivity index (χ0v) is 26.2. The predicted octanol–water partition coefficient (Wildman–Crippen LogP) is 11.1. The van der Waals surface area contributed by atoms with E-state index in [9.17, 15) is 5.26 Å². The van der Waals surface area contributed by atoms with Gasteiger partial charge in [-0.05, 0) is 63.4 Å². The van der Waals surface area contributed by atoms with Gasteiger partial charge in [-0.3, -0.25) is 0 Å². The third-order valence-corrected chi connectivity index (χ3v) is 8.99. The minimum atomic E-state index is 0.535. The first-order chi connectivity index (χ1) is 24.2. The Morgan fingerprint density at radius 2 is 1.06 bits per heavy atom. The number of furan rings is 1. The van der Waals surface area contributed by atoms with Gasteiger partial charge in [-0.15, -0.1) is 0 Å². The molecule has 0 fully saturated rings. The van der Waals surface area contributed by atoms with Crippen LogP contribution in [-0.2, 0) is 0 Å². The molecule has 49 heavy (non-hydrogen) atoms. The van der Waals surface area contributed by atoms with Crippen molar-refractivity contribution in [1.29, 1.82) is 5.26 Å². The van der Waals surface area contributed by atoms with E-state index in [0.717, 1.165) is 71.7 Å². The third-order valence-electron chi connectivity index (χ3n) is 8.99. The van der Waals surface area contributed by atoms with Gasteiger partial charge in [0.1, 0.15) is 11.2 Å². The molecule has 9 aromatic rings. The lowest BCUT2D eigenvalue weighted by Gasteiger charge is -2.13. The fourth-order valence-corrected chi connectivity index (χ4v) is 6.49. The number of para-hydroxylation sites is 1. The average molecular weight is 627 g/mol. The van der Waals surface area contributed by atoms with Crippen molar-refractivity contribution in [2.75, 3.05) is 0 Å². The molecule has 5 nitrogen and oxygen atoms in total. The van der Waals surface area contributed by atoms with E-state index in [1.54, 1.807) is 0 Å². The first-order valence-corrected chi connectivity index (χ1v) is 16.1. The Morgan fingerprint density at radius 3 is 1.84 bits per heavy atom. The lowest BCUT2D eigenvalue weighted by molar-refractivity contribution is 0.669. The van der Waals surface area contributed by atoms with Gasteiger partial charge in [0.25, 0.3) is 0 Å². The Labute approximate surface area is 282 Å². The van der Waals surface area contributed by atoms with Crippen molar-refractivity contribution in [3.05, 3.63) is 163 Å². The molecule has 0 aliphatic rings. The fraction of sp³-hybridized carbons (Fsp3) is 0. The number of rotatable bonds is 5. The molecule has 0 unspecified atom stereocenters. The smallest absolute Gasteiger partial charge is 0.168 e. The van der Waals surface area contributed by atoms with Gasteiger partial charge in [-0.1, -0.05) is 127 Å². The molecule has 0 saturated carbocycles. The van der Waals surface area contributed by atoms with Crippen molar-refractivity contribution in [3.8, 4) is 62.5 Å². The van der Waals surface area contributed by atoms with E-state index >= 15 is 0 Å². The molecule has 228 valence electrons. The summed E-state index contributed by atoms with van der Waals surface area (Å²) in [5, 5.41) is 13.5. The lowest BCUT2D eigenvalue weighted by atomic mass is 9.94. The molecular formula is C44H26N4O. The maximum Gasteiger partial charge on any atom is 0.168 e. The van der Waals surface area contributed by atoms with Crippen LogP contribution in [0.1, 0.15) is 5.56 Å². The quantitative estimate of drug-likeness (QED) is 0.190. The number of benzene rings is 7. The van der Waals surface area contributed by atoms with Gasteiger partial charge in [0.15, 0.2) is 17.5 Å². The summed E-state index contributed by atoms with van der Waals surface area (Å²) in [5.41, 5.74) is 8.84. The minimum Gasteiger partial charge on any atom is -0.455 e. The molecule has 0 bridgehead atoms. The van der Waals surface area contributed by atoms with Crippen LogP contribution in [0.4, 0.5) is 0 Å². The zero-order valence-electron chi connectivity index (χ0n) is 26.2. The standard InChI is InChI=1S/C44H26N4O/c45-27-28-14-16-30(17-15-28)31-18-21-32(22-19-31)36-24-25-38-37-12-6-7-13-39(37)49-41(38)40(36)44-47-42(33-9-2-1-3-10-33)46-43(48-44)35-23-20-29-8-4-5-11-34(29)26-35/h1-26H. The van der Waals surface area contributed by atoms with Gasteiger partial charge in [0.2, 0.25) is 0 Å². The monoisotopic (exact) mass is 626 g/mol. The number of hydrogen-bond donors (Lipinski definition) is 0. The van der Waals surface area contributed by atoms with E-state index in [1.165, 1.54) is 0 Å². The van der Waals surface area contributed by atoms with Crippen LogP contribution in [0.3, 0.4) is 0 Å². The molecule has 2 aromatic heterocycles. The van der Waals surface area contributed by atoms with E-state index in [1.807, 2.05) is 84.9 Å². The second-order valence-electron chi connectivity index (χ2n) is 12.0. The summed E-state index contributed by atoms with van der Waals surface area (Å²) in [6, 6.07) is 55.3. The third kappa shape index (κ3) is 5.09. The summed E-state index contributed by atoms with van der Waals surface area (Å²) in [6.07, 6.45) is 0. The van der Waals surface area contributed by atoms with Gasteiger partial charge in [-0.2, -0.15) is 5.26 Å². The number of fused-ring (bicyclic) bond motifs is 4. The number of nitrogens with zero attached hydrogens (tertiary/aromatic N) is 4. The largest absolute Gasteiger partial charge is 0.455 e. The summed E-state index contributed by atoms with van der Waals surface area (Å²) < 4.78 is 6.64. The maximum atomic E-state index is 9.24. The number of nitriles is 1. The van der Waals surface area contributed by atoms with E-state index in [0.29, 0.717) is 23.0 Å². The van der Waals surface area contributed by atoms with Crippen molar-refractivity contribution in [3.63, 3.8) is 0 Å². The minimum absolute atomic E-state index is 0.535. The van der Waals surface area contributed by atoms with Crippen LogP contribution in [-0.4, -0.2) is 15.0 Å². The van der Waals surface area contributed by atoms with E-state index in [2.05, 4.69) is 78.9 Å². The zero-order chi connectivity index (χ0) is 32.7. The maximum absolute atomic E-state index is 9.24. The molecule has 0 radical (unpaired) electrons. The van der Waals surface area contributed by atoms with Crippen LogP contribution in [0.15, 0.2) is 162 Å². The predicted molar refractivity (Wildman–Crippen MR) is 197 cm³/mol. The molecule has 5 heteroatoms. The molecule has 9 rings (SSSR count). The Morgan fingerprint density at radius 1 is 0.449 bits per heavy atom. The Bertz CT molecular complexity index is 2710.